The van der Waals surface area contributed by atoms with Gasteiger partial charge in [-0.3, -0.25) is 0 Å². The largest absolute Gasteiger partial charge is 0.445 e. The monoisotopic (exact) mass is 202 g/mol. The average Bonchev–Trinajstić information content (AvgIpc) is 2.51. The zero-order chi connectivity index (χ0) is 10.1. The molecule has 0 aliphatic carbocycles. The van der Waals surface area contributed by atoms with Gasteiger partial charge in [0.1, 0.15) is 6.10 Å². The van der Waals surface area contributed by atoms with Crippen molar-refractivity contribution in [1.82, 2.24) is 0 Å². The normalized spacial score (nSPS) is 26.1. The number of rotatable bonds is 1. The van der Waals surface area contributed by atoms with E-state index in [2.05, 4.69) is 4.74 Å². The molecule has 0 amide bonds. The molecule has 0 aromatic rings. The maximum atomic E-state index is 12.7. The van der Waals surface area contributed by atoms with E-state index >= 15 is 0 Å². The van der Waals surface area contributed by atoms with Gasteiger partial charge in [-0.05, 0) is 12.8 Å². The van der Waals surface area contributed by atoms with Crippen LogP contribution in [0.4, 0.5) is 22.0 Å². The van der Waals surface area contributed by atoms with Crippen molar-refractivity contribution in [2.75, 3.05) is 6.61 Å². The molecule has 0 bridgehead atoms. The summed E-state index contributed by atoms with van der Waals surface area (Å²) in [6, 6.07) is 0. The lowest BCUT2D eigenvalue weighted by Gasteiger charge is -2.09. The lowest BCUT2D eigenvalue weighted by atomic mass is 10.2. The van der Waals surface area contributed by atoms with E-state index in [1.54, 1.807) is 0 Å². The minimum Gasteiger partial charge on any atom is -0.371 e. The van der Waals surface area contributed by atoms with E-state index in [4.69, 9.17) is 0 Å². The van der Waals surface area contributed by atoms with Crippen LogP contribution < -0.4 is 0 Å². The Morgan fingerprint density at radius 3 is 2.23 bits per heavy atom. The van der Waals surface area contributed by atoms with Crippen LogP contribution >= 0.6 is 0 Å². The van der Waals surface area contributed by atoms with E-state index in [1.165, 1.54) is 0 Å². The number of halogens is 5. The number of allylic oxidation sites excluding steroid dienone is 1. The quantitative estimate of drug-likeness (QED) is 0.594. The Morgan fingerprint density at radius 2 is 1.85 bits per heavy atom. The van der Waals surface area contributed by atoms with Crippen LogP contribution in [0.25, 0.3) is 0 Å². The summed E-state index contributed by atoms with van der Waals surface area (Å²) in [6.07, 6.45) is -6.07. The smallest absolute Gasteiger partial charge is 0.371 e. The highest BCUT2D eigenvalue weighted by Crippen LogP contribution is 2.33. The van der Waals surface area contributed by atoms with Crippen LogP contribution in [0.15, 0.2) is 11.7 Å². The third kappa shape index (κ3) is 2.40. The summed E-state index contributed by atoms with van der Waals surface area (Å²) in [7, 11) is 0. The van der Waals surface area contributed by atoms with Crippen molar-refractivity contribution >= 4 is 0 Å². The molecule has 0 aromatic heterocycles. The Kier molecular flexibility index (Phi) is 2.90. The second-order valence-electron chi connectivity index (χ2n) is 2.66. The molecule has 1 atom stereocenters. The minimum atomic E-state index is -5.25. The van der Waals surface area contributed by atoms with E-state index < -0.39 is 23.9 Å². The number of hydrogen-bond acceptors (Lipinski definition) is 1. The van der Waals surface area contributed by atoms with Crippen molar-refractivity contribution < 1.29 is 26.7 Å². The number of ether oxygens (including phenoxy) is 1. The van der Waals surface area contributed by atoms with Crippen LogP contribution in [0.5, 0.6) is 0 Å². The van der Waals surface area contributed by atoms with Gasteiger partial charge in [-0.2, -0.15) is 17.6 Å². The molecule has 0 spiro atoms. The average molecular weight is 202 g/mol. The molecule has 1 nitrogen and oxygen atoms in total. The molecule has 6 heteroatoms. The topological polar surface area (TPSA) is 9.23 Å². The van der Waals surface area contributed by atoms with Crippen molar-refractivity contribution in [2.24, 2.45) is 0 Å². The van der Waals surface area contributed by atoms with Crippen molar-refractivity contribution in [3.8, 4) is 0 Å². The number of hydrogen-bond donors (Lipinski definition) is 0. The second kappa shape index (κ2) is 3.61. The molecule has 0 radical (unpaired) electrons. The van der Waals surface area contributed by atoms with E-state index in [0.29, 0.717) is 6.42 Å². The van der Waals surface area contributed by atoms with Crippen molar-refractivity contribution in [2.45, 2.75) is 25.1 Å². The van der Waals surface area contributed by atoms with Crippen LogP contribution in [0.1, 0.15) is 12.8 Å². The summed E-state index contributed by atoms with van der Waals surface area (Å²) >= 11 is 0. The summed E-state index contributed by atoms with van der Waals surface area (Å²) in [5.41, 5.74) is 0. The molecule has 1 rings (SSSR count). The van der Waals surface area contributed by atoms with Gasteiger partial charge in [-0.25, -0.2) is 4.39 Å². The summed E-state index contributed by atoms with van der Waals surface area (Å²) < 4.78 is 64.3. The van der Waals surface area contributed by atoms with E-state index in [9.17, 15) is 22.0 Å². The standard InChI is InChI=1S/C7H7F5O/c8-5(4-2-1-3-13-4)6(9)7(10,11)12/h4H,1-3H2/b6-5+. The molecule has 1 unspecified atom stereocenters. The maximum Gasteiger partial charge on any atom is 0.445 e. The lowest BCUT2D eigenvalue weighted by molar-refractivity contribution is -0.113. The Hall–Kier alpha value is -0.650. The van der Waals surface area contributed by atoms with E-state index in [-0.39, 0.29) is 13.0 Å². The van der Waals surface area contributed by atoms with Crippen LogP contribution in [-0.4, -0.2) is 18.9 Å². The van der Waals surface area contributed by atoms with Gasteiger partial charge in [-0.1, -0.05) is 0 Å². The molecule has 1 aliphatic rings. The summed E-state index contributed by atoms with van der Waals surface area (Å²) in [5, 5.41) is 0. The van der Waals surface area contributed by atoms with E-state index in [1.807, 2.05) is 0 Å². The van der Waals surface area contributed by atoms with Crippen molar-refractivity contribution in [3.05, 3.63) is 11.7 Å². The Bertz CT molecular complexity index is 213. The highest BCUT2D eigenvalue weighted by Gasteiger charge is 2.40. The zero-order valence-electron chi connectivity index (χ0n) is 6.50. The third-order valence-electron chi connectivity index (χ3n) is 1.67. The van der Waals surface area contributed by atoms with Crippen LogP contribution in [0.2, 0.25) is 0 Å². The first-order valence-corrected chi connectivity index (χ1v) is 3.67. The summed E-state index contributed by atoms with van der Waals surface area (Å²) in [4.78, 5) is 0. The van der Waals surface area contributed by atoms with Gasteiger partial charge in [0.2, 0.25) is 5.83 Å². The van der Waals surface area contributed by atoms with Gasteiger partial charge in [0.25, 0.3) is 0 Å². The van der Waals surface area contributed by atoms with Gasteiger partial charge in [-0.15, -0.1) is 0 Å². The molecule has 1 aliphatic heterocycles. The lowest BCUT2D eigenvalue weighted by Crippen LogP contribution is -2.15. The second-order valence-corrected chi connectivity index (χ2v) is 2.66. The van der Waals surface area contributed by atoms with Crippen LogP contribution in [0.3, 0.4) is 0 Å². The van der Waals surface area contributed by atoms with Crippen LogP contribution in [0, 0.1) is 0 Å². The Labute approximate surface area is 71.2 Å². The Balaban J connectivity index is 2.77. The third-order valence-corrected chi connectivity index (χ3v) is 1.67. The molecule has 1 saturated heterocycles. The molecule has 0 aromatic carbocycles. The van der Waals surface area contributed by atoms with Gasteiger partial charge in [0, 0.05) is 6.61 Å². The van der Waals surface area contributed by atoms with Gasteiger partial charge in [0.05, 0.1) is 0 Å². The first kappa shape index (κ1) is 10.4. The molecular weight excluding hydrogens is 195 g/mol. The Morgan fingerprint density at radius 1 is 1.23 bits per heavy atom. The molecule has 13 heavy (non-hydrogen) atoms. The first-order valence-electron chi connectivity index (χ1n) is 3.67. The van der Waals surface area contributed by atoms with Gasteiger partial charge >= 0.3 is 6.18 Å². The molecule has 76 valence electrons. The fraction of sp³-hybridized carbons (Fsp3) is 0.714. The SMILES string of the molecule is F/C(=C(/F)C(F)(F)F)C1CCCO1. The van der Waals surface area contributed by atoms with E-state index in [0.717, 1.165) is 0 Å². The van der Waals surface area contributed by atoms with Crippen molar-refractivity contribution in [3.63, 3.8) is 0 Å². The highest BCUT2D eigenvalue weighted by molar-refractivity contribution is 5.11. The predicted octanol–water partition coefficient (Wildman–Crippen LogP) is 2.88. The number of alkyl halides is 3. The van der Waals surface area contributed by atoms with Gasteiger partial charge < -0.3 is 4.74 Å². The summed E-state index contributed by atoms with van der Waals surface area (Å²) in [5.74, 6) is -4.52. The van der Waals surface area contributed by atoms with Gasteiger partial charge in [0.15, 0.2) is 5.83 Å². The van der Waals surface area contributed by atoms with Crippen LogP contribution in [-0.2, 0) is 4.74 Å². The molecule has 0 saturated carbocycles. The zero-order valence-corrected chi connectivity index (χ0v) is 6.50. The highest BCUT2D eigenvalue weighted by atomic mass is 19.4. The predicted molar refractivity (Wildman–Crippen MR) is 34.3 cm³/mol. The molecule has 0 N–H and O–H groups in total. The fourth-order valence-corrected chi connectivity index (χ4v) is 1.05. The molecule has 1 fully saturated rings. The maximum absolute atomic E-state index is 12.7. The summed E-state index contributed by atoms with van der Waals surface area (Å²) in [6.45, 7) is 0.170. The molecular formula is C7H7F5O. The van der Waals surface area contributed by atoms with Crippen molar-refractivity contribution in [1.29, 1.82) is 0 Å². The minimum absolute atomic E-state index is 0.0926. The molecule has 1 heterocycles. The fourth-order valence-electron chi connectivity index (χ4n) is 1.05. The first-order chi connectivity index (χ1) is 5.93.